The van der Waals surface area contributed by atoms with Gasteiger partial charge in [0.25, 0.3) is 11.8 Å². The van der Waals surface area contributed by atoms with Gasteiger partial charge in [0.05, 0.1) is 29.1 Å². The Morgan fingerprint density at radius 3 is 2.49 bits per heavy atom. The quantitative estimate of drug-likeness (QED) is 0.210. The number of ether oxygens (including phenoxy) is 1. The predicted octanol–water partition coefficient (Wildman–Crippen LogP) is 6.03. The van der Waals surface area contributed by atoms with Crippen LogP contribution in [0, 0.1) is 0 Å². The van der Waals surface area contributed by atoms with Gasteiger partial charge in [-0.15, -0.1) is 0 Å². The van der Waals surface area contributed by atoms with E-state index in [-0.39, 0.29) is 49.1 Å². The van der Waals surface area contributed by atoms with Crippen molar-refractivity contribution in [2.75, 3.05) is 0 Å². The van der Waals surface area contributed by atoms with Gasteiger partial charge in [0, 0.05) is 47.1 Å². The van der Waals surface area contributed by atoms with E-state index in [4.69, 9.17) is 16.3 Å². The number of amides is 2. The first kappa shape index (κ1) is 30.9. The number of carbonyl (C=O) groups is 2. The van der Waals surface area contributed by atoms with E-state index in [0.717, 1.165) is 24.0 Å². The number of carbonyl (C=O) groups excluding carboxylic acids is 2. The van der Waals surface area contributed by atoms with Crippen LogP contribution < -0.4 is 15.7 Å². The molecule has 238 valence electrons. The molecule has 0 spiro atoms. The predicted molar refractivity (Wildman–Crippen MR) is 181 cm³/mol. The second-order valence-corrected chi connectivity index (χ2v) is 12.9. The average Bonchev–Trinajstić information content (AvgIpc) is 3.87. The van der Waals surface area contributed by atoms with Crippen molar-refractivity contribution in [3.05, 3.63) is 128 Å². The summed E-state index contributed by atoms with van der Waals surface area (Å²) in [5, 5.41) is 3.44. The van der Waals surface area contributed by atoms with Crippen molar-refractivity contribution in [2.24, 2.45) is 0 Å². The van der Waals surface area contributed by atoms with Crippen LogP contribution in [0.25, 0.3) is 17.1 Å². The molecule has 1 aliphatic heterocycles. The Kier molecular flexibility index (Phi) is 8.42. The standard InChI is InChI=1S/C35H30BrClN6O4/c1-21-19-42-30(20-41(21)34(45)22-7-14-28(36)29(37)17-22)31(43(35(42)46)24-8-10-25(11-9-24)47-26-12-13-26)33(44)40-18-23-5-2-3-6-27(23)32-38-15-4-16-39-32/h2-11,14-17,21,26H,12-13,18-20H2,1H3,(H,40,44)/t21-/m0/s1. The topological polar surface area (TPSA) is 111 Å². The van der Waals surface area contributed by atoms with Crippen molar-refractivity contribution in [3.8, 4) is 22.8 Å². The van der Waals surface area contributed by atoms with Gasteiger partial charge in [0.1, 0.15) is 11.4 Å². The number of hydrogen-bond acceptors (Lipinski definition) is 6. The van der Waals surface area contributed by atoms with E-state index >= 15 is 0 Å². The minimum absolute atomic E-state index is 0.0516. The maximum Gasteiger partial charge on any atom is 0.333 e. The van der Waals surface area contributed by atoms with E-state index in [2.05, 4.69) is 31.2 Å². The van der Waals surface area contributed by atoms with Gasteiger partial charge in [-0.05, 0) is 89.8 Å². The molecular formula is C35H30BrClN6O4. The van der Waals surface area contributed by atoms with Crippen LogP contribution in [0.2, 0.25) is 5.02 Å². The summed E-state index contributed by atoms with van der Waals surface area (Å²) in [6.07, 6.45) is 5.61. The lowest BCUT2D eigenvalue weighted by Gasteiger charge is -2.34. The Morgan fingerprint density at radius 2 is 1.77 bits per heavy atom. The highest BCUT2D eigenvalue weighted by molar-refractivity contribution is 9.10. The first-order chi connectivity index (χ1) is 22.8. The lowest BCUT2D eigenvalue weighted by molar-refractivity contribution is 0.0610. The molecule has 0 bridgehead atoms. The van der Waals surface area contributed by atoms with Crippen LogP contribution in [0.15, 0.2) is 94.5 Å². The summed E-state index contributed by atoms with van der Waals surface area (Å²) in [6.45, 7) is 2.32. The fourth-order valence-corrected chi connectivity index (χ4v) is 6.23. The van der Waals surface area contributed by atoms with Crippen LogP contribution in [0.1, 0.15) is 51.9 Å². The molecule has 10 nitrogen and oxygen atoms in total. The third kappa shape index (κ3) is 6.20. The lowest BCUT2D eigenvalue weighted by atomic mass is 10.1. The molecular weight excluding hydrogens is 684 g/mol. The maximum atomic E-state index is 14.2. The van der Waals surface area contributed by atoms with Crippen LogP contribution >= 0.6 is 27.5 Å². The molecule has 2 aromatic heterocycles. The molecule has 2 aliphatic rings. The summed E-state index contributed by atoms with van der Waals surface area (Å²) < 4.78 is 9.62. The number of imidazole rings is 1. The summed E-state index contributed by atoms with van der Waals surface area (Å²) in [6, 6.07) is 21.2. The molecule has 3 aromatic carbocycles. The summed E-state index contributed by atoms with van der Waals surface area (Å²) in [7, 11) is 0. The van der Waals surface area contributed by atoms with E-state index in [1.54, 1.807) is 58.3 Å². The van der Waals surface area contributed by atoms with Gasteiger partial charge in [-0.25, -0.2) is 14.8 Å². The normalized spacial score (nSPS) is 15.6. The van der Waals surface area contributed by atoms with Crippen molar-refractivity contribution in [1.29, 1.82) is 0 Å². The Bertz CT molecular complexity index is 2040. The largest absolute Gasteiger partial charge is 0.490 e. The highest BCUT2D eigenvalue weighted by atomic mass is 79.9. The summed E-state index contributed by atoms with van der Waals surface area (Å²) in [5.41, 5.74) is 2.79. The molecule has 1 fully saturated rings. The second kappa shape index (κ2) is 12.8. The Balaban J connectivity index is 1.26. The van der Waals surface area contributed by atoms with Gasteiger partial charge in [0.15, 0.2) is 5.82 Å². The molecule has 47 heavy (non-hydrogen) atoms. The molecule has 1 aliphatic carbocycles. The van der Waals surface area contributed by atoms with Crippen LogP contribution in [0.4, 0.5) is 0 Å². The molecule has 1 saturated carbocycles. The molecule has 7 rings (SSSR count). The van der Waals surface area contributed by atoms with Gasteiger partial charge in [-0.2, -0.15) is 0 Å². The average molecular weight is 714 g/mol. The van der Waals surface area contributed by atoms with Gasteiger partial charge >= 0.3 is 5.69 Å². The number of aromatic nitrogens is 4. The molecule has 3 heterocycles. The van der Waals surface area contributed by atoms with Gasteiger partial charge in [-0.3, -0.25) is 18.7 Å². The molecule has 1 N–H and O–H groups in total. The first-order valence-electron chi connectivity index (χ1n) is 15.3. The Labute approximate surface area is 284 Å². The number of halogens is 2. The molecule has 0 radical (unpaired) electrons. The molecule has 0 unspecified atom stereocenters. The number of nitrogens with zero attached hydrogens (tertiary/aromatic N) is 5. The minimum atomic E-state index is -0.452. The van der Waals surface area contributed by atoms with Crippen LogP contribution in [0.3, 0.4) is 0 Å². The zero-order valence-electron chi connectivity index (χ0n) is 25.4. The summed E-state index contributed by atoms with van der Waals surface area (Å²) in [5.74, 6) is 0.549. The lowest BCUT2D eigenvalue weighted by Crippen LogP contribution is -2.47. The number of benzene rings is 3. The minimum Gasteiger partial charge on any atom is -0.490 e. The van der Waals surface area contributed by atoms with Crippen LogP contribution in [-0.2, 0) is 19.6 Å². The molecule has 1 atom stereocenters. The van der Waals surface area contributed by atoms with Crippen molar-refractivity contribution >= 4 is 39.3 Å². The van der Waals surface area contributed by atoms with Crippen LogP contribution in [-0.4, -0.2) is 48.0 Å². The van der Waals surface area contributed by atoms with Gasteiger partial charge < -0.3 is 15.0 Å². The monoisotopic (exact) mass is 712 g/mol. The number of fused-ring (bicyclic) bond motifs is 1. The van der Waals surface area contributed by atoms with E-state index in [1.807, 2.05) is 43.3 Å². The maximum absolute atomic E-state index is 14.2. The zero-order valence-corrected chi connectivity index (χ0v) is 27.7. The zero-order chi connectivity index (χ0) is 32.7. The van der Waals surface area contributed by atoms with Crippen molar-refractivity contribution in [1.82, 2.24) is 29.3 Å². The Morgan fingerprint density at radius 1 is 1.02 bits per heavy atom. The number of rotatable bonds is 8. The summed E-state index contributed by atoms with van der Waals surface area (Å²) >= 11 is 9.69. The fourth-order valence-electron chi connectivity index (χ4n) is 5.80. The Hall–Kier alpha value is -4.74. The van der Waals surface area contributed by atoms with Gasteiger partial charge in [-0.1, -0.05) is 35.9 Å². The smallest absolute Gasteiger partial charge is 0.333 e. The highest BCUT2D eigenvalue weighted by Crippen LogP contribution is 2.30. The van der Waals surface area contributed by atoms with Crippen LogP contribution in [0.5, 0.6) is 5.75 Å². The molecule has 0 saturated heterocycles. The third-order valence-electron chi connectivity index (χ3n) is 8.37. The van der Waals surface area contributed by atoms with E-state index in [9.17, 15) is 14.4 Å². The van der Waals surface area contributed by atoms with Crippen molar-refractivity contribution < 1.29 is 14.3 Å². The first-order valence-corrected chi connectivity index (χ1v) is 16.5. The number of nitrogens with one attached hydrogen (secondary N) is 1. The molecule has 2 amide bonds. The fraction of sp³-hybridized carbons (Fsp3) is 0.229. The highest BCUT2D eigenvalue weighted by Gasteiger charge is 2.35. The molecule has 5 aromatic rings. The second-order valence-electron chi connectivity index (χ2n) is 11.7. The third-order valence-corrected chi connectivity index (χ3v) is 9.60. The van der Waals surface area contributed by atoms with Gasteiger partial charge in [0.2, 0.25) is 0 Å². The van der Waals surface area contributed by atoms with Crippen molar-refractivity contribution in [3.63, 3.8) is 0 Å². The van der Waals surface area contributed by atoms with Crippen molar-refractivity contribution in [2.45, 2.75) is 51.5 Å². The van der Waals surface area contributed by atoms with E-state index < -0.39 is 5.91 Å². The summed E-state index contributed by atoms with van der Waals surface area (Å²) in [4.78, 5) is 52.5. The van der Waals surface area contributed by atoms with E-state index in [1.165, 1.54) is 4.57 Å². The SMILES string of the molecule is C[C@H]1Cn2c(c(C(=O)NCc3ccccc3-c3ncccn3)n(-c3ccc(OC4CC4)cc3)c2=O)CN1C(=O)c1ccc(Br)c(Cl)c1. The number of hydrogen-bond donors (Lipinski definition) is 1. The van der Waals surface area contributed by atoms with E-state index in [0.29, 0.717) is 38.0 Å². The molecule has 12 heteroatoms.